The molecule has 0 saturated carbocycles. The van der Waals surface area contributed by atoms with E-state index in [2.05, 4.69) is 10.6 Å². The van der Waals surface area contributed by atoms with Gasteiger partial charge in [-0.1, -0.05) is 25.1 Å². The molecule has 24 heavy (non-hydrogen) atoms. The minimum atomic E-state index is -0.399. The molecule has 6 nitrogen and oxygen atoms in total. The van der Waals surface area contributed by atoms with E-state index in [9.17, 15) is 9.59 Å². The zero-order valence-electron chi connectivity index (χ0n) is 14.4. The van der Waals surface area contributed by atoms with Crippen LogP contribution in [0.4, 0.5) is 5.69 Å². The summed E-state index contributed by atoms with van der Waals surface area (Å²) in [6, 6.07) is 7.28. The number of rotatable bonds is 5. The maximum atomic E-state index is 12.4. The molecule has 0 spiro atoms. The van der Waals surface area contributed by atoms with Gasteiger partial charge in [-0.05, 0) is 25.0 Å². The molecule has 1 aliphatic rings. The van der Waals surface area contributed by atoms with Gasteiger partial charge in [0.05, 0.1) is 19.3 Å². The molecule has 2 N–H and O–H groups in total. The Hall–Kier alpha value is -1.63. The Bertz CT molecular complexity index is 568. The topological polar surface area (TPSA) is 70.7 Å². The molecule has 7 heteroatoms. The van der Waals surface area contributed by atoms with Gasteiger partial charge in [-0.2, -0.15) is 0 Å². The lowest BCUT2D eigenvalue weighted by molar-refractivity contribution is -0.140. The molecule has 2 rings (SSSR count). The summed E-state index contributed by atoms with van der Waals surface area (Å²) in [5.74, 6) is -0.331. The first kappa shape index (κ1) is 20.4. The molecule has 1 fully saturated rings. The van der Waals surface area contributed by atoms with Gasteiger partial charge in [-0.15, -0.1) is 12.4 Å². The van der Waals surface area contributed by atoms with Crippen LogP contribution in [-0.4, -0.2) is 55.6 Å². The average molecular weight is 356 g/mol. The van der Waals surface area contributed by atoms with Crippen LogP contribution in [0.25, 0.3) is 0 Å². The highest BCUT2D eigenvalue weighted by atomic mass is 35.5. The lowest BCUT2D eigenvalue weighted by Gasteiger charge is -2.32. The van der Waals surface area contributed by atoms with Crippen LogP contribution >= 0.6 is 12.4 Å². The van der Waals surface area contributed by atoms with E-state index in [1.54, 1.807) is 7.05 Å². The second-order valence-corrected chi connectivity index (χ2v) is 5.76. The van der Waals surface area contributed by atoms with Crippen LogP contribution in [0.15, 0.2) is 24.3 Å². The van der Waals surface area contributed by atoms with E-state index in [1.165, 1.54) is 4.90 Å². The number of para-hydroxylation sites is 1. The first-order valence-electron chi connectivity index (χ1n) is 8.00. The second kappa shape index (κ2) is 9.61. The molecule has 1 aromatic carbocycles. The van der Waals surface area contributed by atoms with Crippen molar-refractivity contribution in [3.05, 3.63) is 29.8 Å². The Morgan fingerprint density at radius 2 is 2.08 bits per heavy atom. The molecule has 0 aromatic heterocycles. The minimum absolute atomic E-state index is 0. The lowest BCUT2D eigenvalue weighted by atomic mass is 10.1. The first-order valence-corrected chi connectivity index (χ1v) is 8.00. The van der Waals surface area contributed by atoms with Crippen LogP contribution in [0, 0.1) is 0 Å². The molecule has 0 bridgehead atoms. The number of benzene rings is 1. The van der Waals surface area contributed by atoms with E-state index in [0.29, 0.717) is 13.2 Å². The van der Waals surface area contributed by atoms with Gasteiger partial charge in [0.25, 0.3) is 0 Å². The number of nitrogens with zero attached hydrogens (tertiary/aromatic N) is 1. The van der Waals surface area contributed by atoms with Crippen LogP contribution in [0.1, 0.15) is 19.4 Å². The number of likely N-dealkylation sites (N-methyl/N-ethyl adjacent to an activating group) is 1. The van der Waals surface area contributed by atoms with E-state index in [-0.39, 0.29) is 36.9 Å². The van der Waals surface area contributed by atoms with E-state index >= 15 is 0 Å². The maximum absolute atomic E-state index is 12.4. The minimum Gasteiger partial charge on any atom is -0.375 e. The third-order valence-electron chi connectivity index (χ3n) is 4.01. The third-order valence-corrected chi connectivity index (χ3v) is 4.01. The monoisotopic (exact) mass is 355 g/mol. The summed E-state index contributed by atoms with van der Waals surface area (Å²) in [5, 5.41) is 6.02. The summed E-state index contributed by atoms with van der Waals surface area (Å²) in [7, 11) is 1.64. The maximum Gasteiger partial charge on any atom is 0.243 e. The SMILES string of the molecule is CCc1ccccc1NC(=O)CN(C)C(=O)[C@H]1NCCO[C@@H]1C.Cl. The number of hydrogen-bond acceptors (Lipinski definition) is 4. The number of carbonyl (C=O) groups excluding carboxylic acids is 2. The summed E-state index contributed by atoms with van der Waals surface area (Å²) in [6.45, 7) is 5.16. The third kappa shape index (κ3) is 5.19. The van der Waals surface area contributed by atoms with Crippen LogP contribution in [-0.2, 0) is 20.7 Å². The molecular formula is C17H26ClN3O3. The molecule has 1 aliphatic heterocycles. The highest BCUT2D eigenvalue weighted by Gasteiger charge is 2.31. The van der Waals surface area contributed by atoms with Crippen LogP contribution in [0.3, 0.4) is 0 Å². The molecule has 134 valence electrons. The molecular weight excluding hydrogens is 330 g/mol. The number of carbonyl (C=O) groups is 2. The number of halogens is 1. The van der Waals surface area contributed by atoms with Crippen molar-refractivity contribution in [1.82, 2.24) is 10.2 Å². The molecule has 0 aliphatic carbocycles. The van der Waals surface area contributed by atoms with Crippen molar-refractivity contribution < 1.29 is 14.3 Å². The van der Waals surface area contributed by atoms with Crippen molar-refractivity contribution >= 4 is 29.9 Å². The van der Waals surface area contributed by atoms with E-state index in [0.717, 1.165) is 17.7 Å². The van der Waals surface area contributed by atoms with Crippen molar-refractivity contribution in [2.75, 3.05) is 32.1 Å². The number of amides is 2. The summed E-state index contributed by atoms with van der Waals surface area (Å²) in [4.78, 5) is 26.1. The Morgan fingerprint density at radius 1 is 1.38 bits per heavy atom. The van der Waals surface area contributed by atoms with E-state index in [1.807, 2.05) is 38.1 Å². The van der Waals surface area contributed by atoms with Crippen LogP contribution in [0.5, 0.6) is 0 Å². The number of ether oxygens (including phenoxy) is 1. The highest BCUT2D eigenvalue weighted by molar-refractivity contribution is 5.95. The quantitative estimate of drug-likeness (QED) is 0.838. The number of hydrogen-bond donors (Lipinski definition) is 2. The van der Waals surface area contributed by atoms with Crippen molar-refractivity contribution in [3.8, 4) is 0 Å². The lowest BCUT2D eigenvalue weighted by Crippen LogP contribution is -2.56. The Morgan fingerprint density at radius 3 is 2.75 bits per heavy atom. The van der Waals surface area contributed by atoms with Gasteiger partial charge in [0.1, 0.15) is 6.04 Å². The molecule has 0 unspecified atom stereocenters. The molecule has 0 radical (unpaired) electrons. The smallest absolute Gasteiger partial charge is 0.243 e. The van der Waals surface area contributed by atoms with Gasteiger partial charge >= 0.3 is 0 Å². The van der Waals surface area contributed by atoms with Crippen LogP contribution in [0.2, 0.25) is 0 Å². The van der Waals surface area contributed by atoms with Crippen molar-refractivity contribution in [2.24, 2.45) is 0 Å². The number of morpholine rings is 1. The first-order chi connectivity index (χ1) is 11.0. The van der Waals surface area contributed by atoms with E-state index in [4.69, 9.17) is 4.74 Å². The molecule has 1 saturated heterocycles. The fourth-order valence-electron chi connectivity index (χ4n) is 2.68. The molecule has 1 heterocycles. The Kier molecular flexibility index (Phi) is 8.18. The number of anilines is 1. The van der Waals surface area contributed by atoms with Crippen molar-refractivity contribution in [2.45, 2.75) is 32.4 Å². The zero-order chi connectivity index (χ0) is 16.8. The summed E-state index contributed by atoms with van der Waals surface area (Å²) in [5.41, 5.74) is 1.87. The molecule has 2 atom stereocenters. The van der Waals surface area contributed by atoms with Crippen molar-refractivity contribution in [3.63, 3.8) is 0 Å². The van der Waals surface area contributed by atoms with Gasteiger partial charge in [-0.3, -0.25) is 9.59 Å². The second-order valence-electron chi connectivity index (χ2n) is 5.76. The van der Waals surface area contributed by atoms with Gasteiger partial charge in [0, 0.05) is 19.3 Å². The zero-order valence-corrected chi connectivity index (χ0v) is 15.2. The number of nitrogens with one attached hydrogen (secondary N) is 2. The summed E-state index contributed by atoms with van der Waals surface area (Å²) >= 11 is 0. The number of aryl methyl sites for hydroxylation is 1. The Balaban J connectivity index is 0.00000288. The van der Waals surface area contributed by atoms with Gasteiger partial charge < -0.3 is 20.3 Å². The van der Waals surface area contributed by atoms with Crippen LogP contribution < -0.4 is 10.6 Å². The summed E-state index contributed by atoms with van der Waals surface area (Å²) in [6.07, 6.45) is 0.647. The largest absolute Gasteiger partial charge is 0.375 e. The molecule has 2 amide bonds. The standard InChI is InChI=1S/C17H25N3O3.ClH/c1-4-13-7-5-6-8-14(13)19-15(21)11-20(3)17(22)16-12(2)23-10-9-18-16;/h5-8,12,16,18H,4,9-11H2,1-3H3,(H,19,21);1H/t12-,16+;/m1./s1. The normalized spacial score (nSPS) is 20.0. The predicted octanol–water partition coefficient (Wildman–Crippen LogP) is 1.44. The van der Waals surface area contributed by atoms with Gasteiger partial charge in [0.15, 0.2) is 0 Å². The fourth-order valence-corrected chi connectivity index (χ4v) is 2.68. The van der Waals surface area contributed by atoms with Crippen molar-refractivity contribution in [1.29, 1.82) is 0 Å². The average Bonchev–Trinajstić information content (AvgIpc) is 2.55. The fraction of sp³-hybridized carbons (Fsp3) is 0.529. The van der Waals surface area contributed by atoms with Gasteiger partial charge in [-0.25, -0.2) is 0 Å². The van der Waals surface area contributed by atoms with Gasteiger partial charge in [0.2, 0.25) is 11.8 Å². The molecule has 1 aromatic rings. The highest BCUT2D eigenvalue weighted by Crippen LogP contribution is 2.15. The van der Waals surface area contributed by atoms with E-state index < -0.39 is 6.04 Å². The summed E-state index contributed by atoms with van der Waals surface area (Å²) < 4.78 is 5.48. The Labute approximate surface area is 149 Å². The predicted molar refractivity (Wildman–Crippen MR) is 96.5 cm³/mol.